The van der Waals surface area contributed by atoms with Gasteiger partial charge in [0.2, 0.25) is 0 Å². The number of rotatable bonds is 7. The Balaban J connectivity index is 1.45. The number of aromatic nitrogens is 3. The van der Waals surface area contributed by atoms with Gasteiger partial charge in [0.25, 0.3) is 0 Å². The molecule has 6 rings (SSSR count). The maximum Gasteiger partial charge on any atom is 0.164 e. The first-order chi connectivity index (χ1) is 20.7. The molecule has 3 nitrogen and oxygen atoms in total. The van der Waals surface area contributed by atoms with Crippen molar-refractivity contribution in [2.24, 2.45) is 10.8 Å². The maximum absolute atomic E-state index is 4.97. The number of fused-ring (bicyclic) bond motifs is 1. The van der Waals surface area contributed by atoms with Crippen LogP contribution < -0.4 is 5.46 Å². The van der Waals surface area contributed by atoms with Crippen LogP contribution in [0.4, 0.5) is 0 Å². The van der Waals surface area contributed by atoms with E-state index in [4.69, 9.17) is 15.0 Å². The maximum atomic E-state index is 4.97. The van der Waals surface area contributed by atoms with Gasteiger partial charge < -0.3 is 0 Å². The molecule has 43 heavy (non-hydrogen) atoms. The molecule has 0 unspecified atom stereocenters. The van der Waals surface area contributed by atoms with E-state index in [0.29, 0.717) is 17.5 Å². The highest BCUT2D eigenvalue weighted by atomic mass is 15.0. The fraction of sp³-hybridized carbons (Fsp3) is 0.205. The van der Waals surface area contributed by atoms with Crippen molar-refractivity contribution in [2.45, 2.75) is 40.9 Å². The zero-order valence-corrected chi connectivity index (χ0v) is 25.7. The molecule has 0 aliphatic rings. The van der Waals surface area contributed by atoms with Crippen molar-refractivity contribution in [3.63, 3.8) is 0 Å². The van der Waals surface area contributed by atoms with E-state index >= 15 is 0 Å². The van der Waals surface area contributed by atoms with Crippen LogP contribution in [0, 0.1) is 10.8 Å². The van der Waals surface area contributed by atoms with Crippen molar-refractivity contribution >= 4 is 23.5 Å². The Morgan fingerprint density at radius 1 is 0.512 bits per heavy atom. The summed E-state index contributed by atoms with van der Waals surface area (Å²) < 4.78 is 0. The average molecular weight is 559 g/mol. The second-order valence-corrected chi connectivity index (χ2v) is 13.0. The summed E-state index contributed by atoms with van der Waals surface area (Å²) in [5.74, 6) is 1.99. The van der Waals surface area contributed by atoms with Gasteiger partial charge in [0.15, 0.2) is 24.8 Å². The number of hydrogen-bond donors (Lipinski definition) is 0. The fourth-order valence-corrected chi connectivity index (χ4v) is 5.13. The van der Waals surface area contributed by atoms with E-state index in [1.807, 2.05) is 60.7 Å². The van der Waals surface area contributed by atoms with Gasteiger partial charge in [-0.1, -0.05) is 162 Å². The second kappa shape index (κ2) is 11.6. The van der Waals surface area contributed by atoms with Crippen molar-refractivity contribution < 1.29 is 0 Å². The Bertz CT molecular complexity index is 1820. The predicted octanol–water partition coefficient (Wildman–Crippen LogP) is 9.51. The van der Waals surface area contributed by atoms with Crippen LogP contribution in [-0.2, 0) is 0 Å². The van der Waals surface area contributed by atoms with Crippen LogP contribution in [0.3, 0.4) is 0 Å². The monoisotopic (exact) mass is 558 g/mol. The minimum atomic E-state index is 0.171. The van der Waals surface area contributed by atoms with Gasteiger partial charge in [-0.25, -0.2) is 15.0 Å². The standard InChI is InChI=1S/C39H37BN3/c1-38(2,3)39(4,5)26-40-32-24-30-19-12-13-22-33(30)34(25-32)29-20-14-21-31(23-29)37-42-35(27-15-8-6-9-16-27)41-36(43-37)28-17-10-7-11-18-28/h6-25H,26H2,1-5H3. The van der Waals surface area contributed by atoms with Crippen LogP contribution in [0.5, 0.6) is 0 Å². The Kier molecular flexibility index (Phi) is 7.71. The highest BCUT2D eigenvalue weighted by molar-refractivity contribution is 6.54. The molecule has 0 bridgehead atoms. The molecule has 211 valence electrons. The summed E-state index contributed by atoms with van der Waals surface area (Å²) in [5, 5.41) is 2.47. The molecule has 0 saturated heterocycles. The smallest absolute Gasteiger partial charge is 0.164 e. The topological polar surface area (TPSA) is 38.7 Å². The molecule has 5 aromatic carbocycles. The van der Waals surface area contributed by atoms with E-state index in [-0.39, 0.29) is 10.8 Å². The predicted molar refractivity (Wildman–Crippen MR) is 183 cm³/mol. The third-order valence-corrected chi connectivity index (χ3v) is 8.89. The van der Waals surface area contributed by atoms with E-state index in [0.717, 1.165) is 28.6 Å². The second-order valence-electron chi connectivity index (χ2n) is 13.0. The van der Waals surface area contributed by atoms with Gasteiger partial charge in [-0.05, 0) is 38.8 Å². The van der Waals surface area contributed by atoms with Gasteiger partial charge in [0.05, 0.1) is 0 Å². The third kappa shape index (κ3) is 6.15. The highest BCUT2D eigenvalue weighted by Crippen LogP contribution is 2.41. The van der Waals surface area contributed by atoms with Crippen LogP contribution in [0.25, 0.3) is 56.1 Å². The van der Waals surface area contributed by atoms with Crippen LogP contribution >= 0.6 is 0 Å². The quantitative estimate of drug-likeness (QED) is 0.183. The minimum Gasteiger partial charge on any atom is -0.208 e. The summed E-state index contributed by atoms with van der Waals surface area (Å²) in [4.78, 5) is 14.8. The average Bonchev–Trinajstić information content (AvgIpc) is 3.03. The third-order valence-electron chi connectivity index (χ3n) is 8.89. The molecule has 0 aliphatic carbocycles. The number of benzene rings is 5. The van der Waals surface area contributed by atoms with Crippen molar-refractivity contribution in [1.82, 2.24) is 15.0 Å². The van der Waals surface area contributed by atoms with Crippen LogP contribution in [0.15, 0.2) is 121 Å². The van der Waals surface area contributed by atoms with Crippen LogP contribution in [0.1, 0.15) is 34.6 Å². The molecular weight excluding hydrogens is 521 g/mol. The van der Waals surface area contributed by atoms with Gasteiger partial charge >= 0.3 is 0 Å². The zero-order chi connectivity index (χ0) is 30.0. The molecule has 0 atom stereocenters. The Morgan fingerprint density at radius 2 is 1.02 bits per heavy atom. The Morgan fingerprint density at radius 3 is 1.63 bits per heavy atom. The van der Waals surface area contributed by atoms with Crippen molar-refractivity contribution in [1.29, 1.82) is 0 Å². The van der Waals surface area contributed by atoms with E-state index in [1.54, 1.807) is 0 Å². The summed E-state index contributed by atoms with van der Waals surface area (Å²) in [7, 11) is 2.40. The number of hydrogen-bond acceptors (Lipinski definition) is 3. The summed E-state index contributed by atoms with van der Waals surface area (Å²) in [6.07, 6.45) is 1.00. The molecule has 6 aromatic rings. The van der Waals surface area contributed by atoms with Gasteiger partial charge in [-0.3, -0.25) is 0 Å². The molecule has 0 N–H and O–H groups in total. The lowest BCUT2D eigenvalue weighted by Crippen LogP contribution is -2.33. The van der Waals surface area contributed by atoms with Crippen molar-refractivity contribution in [3.05, 3.63) is 121 Å². The first-order valence-corrected chi connectivity index (χ1v) is 15.0. The molecule has 0 fully saturated rings. The summed E-state index contributed by atoms with van der Waals surface area (Å²) in [6, 6.07) is 42.1. The molecular formula is C39H37BN3. The summed E-state index contributed by atoms with van der Waals surface area (Å²) >= 11 is 0. The Labute approximate surface area is 256 Å². The molecule has 0 saturated carbocycles. The van der Waals surface area contributed by atoms with E-state index in [2.05, 4.69) is 103 Å². The fourth-order valence-electron chi connectivity index (χ4n) is 5.13. The van der Waals surface area contributed by atoms with Gasteiger partial charge in [-0.2, -0.15) is 0 Å². The van der Waals surface area contributed by atoms with Crippen LogP contribution in [0.2, 0.25) is 6.32 Å². The van der Waals surface area contributed by atoms with E-state index in [1.165, 1.54) is 21.8 Å². The molecule has 0 spiro atoms. The SMILES string of the molecule is CC(C)(C)C(C)(C)C[B]c1cc(-c2cccc(-c3nc(-c4ccccc4)nc(-c4ccccc4)n3)c2)c2ccccc2c1. The first-order valence-electron chi connectivity index (χ1n) is 15.0. The van der Waals surface area contributed by atoms with Crippen molar-refractivity contribution in [3.8, 4) is 45.3 Å². The van der Waals surface area contributed by atoms with Gasteiger partial charge in [-0.15, -0.1) is 0 Å². The molecule has 0 aliphatic heterocycles. The normalized spacial score (nSPS) is 11.9. The van der Waals surface area contributed by atoms with Crippen LogP contribution in [-0.4, -0.2) is 22.2 Å². The van der Waals surface area contributed by atoms with Crippen molar-refractivity contribution in [2.75, 3.05) is 0 Å². The first kappa shape index (κ1) is 28.5. The molecule has 1 radical (unpaired) electrons. The summed E-state index contributed by atoms with van der Waals surface area (Å²) in [5.41, 5.74) is 6.86. The summed E-state index contributed by atoms with van der Waals surface area (Å²) in [6.45, 7) is 11.7. The molecule has 1 heterocycles. The lowest BCUT2D eigenvalue weighted by Gasteiger charge is -2.39. The largest absolute Gasteiger partial charge is 0.208 e. The highest BCUT2D eigenvalue weighted by Gasteiger charge is 2.32. The number of nitrogens with zero attached hydrogens (tertiary/aromatic N) is 3. The molecule has 0 amide bonds. The lowest BCUT2D eigenvalue weighted by atomic mass is 9.53. The Hall–Kier alpha value is -4.57. The van der Waals surface area contributed by atoms with E-state index in [9.17, 15) is 0 Å². The van der Waals surface area contributed by atoms with E-state index < -0.39 is 0 Å². The lowest BCUT2D eigenvalue weighted by molar-refractivity contribution is 0.157. The van der Waals surface area contributed by atoms with Gasteiger partial charge in [0, 0.05) is 16.7 Å². The zero-order valence-electron chi connectivity index (χ0n) is 25.7. The van der Waals surface area contributed by atoms with Gasteiger partial charge in [0.1, 0.15) is 0 Å². The molecule has 4 heteroatoms. The minimum absolute atomic E-state index is 0.171. The molecule has 1 aromatic heterocycles.